The van der Waals surface area contributed by atoms with Crippen molar-refractivity contribution < 1.29 is 13.2 Å². The van der Waals surface area contributed by atoms with Gasteiger partial charge in [0.2, 0.25) is 20.9 Å². The normalized spacial score (nSPS) is 11.7. The molecule has 3 rings (SSSR count). The zero-order valence-electron chi connectivity index (χ0n) is 12.5. The number of hydrogen-bond donors (Lipinski definition) is 1. The summed E-state index contributed by atoms with van der Waals surface area (Å²) < 4.78 is 25.3. The molecule has 0 saturated heterocycles. The van der Waals surface area contributed by atoms with Crippen molar-refractivity contribution in [3.05, 3.63) is 35.3 Å². The monoisotopic (exact) mass is 350 g/mol. The number of benzene rings is 1. The Morgan fingerprint density at radius 1 is 1.30 bits per heavy atom. The summed E-state index contributed by atoms with van der Waals surface area (Å²) in [6, 6.07) is 6.99. The molecular formula is C14H14N4O3S2. The summed E-state index contributed by atoms with van der Waals surface area (Å²) in [5.41, 5.74) is 1.94. The number of nitrogens with one attached hydrogen (secondary N) is 1. The molecule has 1 amide bonds. The zero-order valence-corrected chi connectivity index (χ0v) is 14.1. The molecule has 1 aromatic carbocycles. The van der Waals surface area contributed by atoms with Crippen LogP contribution in [-0.4, -0.2) is 35.1 Å². The molecule has 0 spiro atoms. The lowest BCUT2D eigenvalue weighted by Gasteiger charge is -2.07. The van der Waals surface area contributed by atoms with Crippen LogP contribution in [0.5, 0.6) is 0 Å². The van der Waals surface area contributed by atoms with Gasteiger partial charge in [-0.2, -0.15) is 0 Å². The van der Waals surface area contributed by atoms with Crippen molar-refractivity contribution in [3.8, 4) is 0 Å². The predicted molar refractivity (Wildman–Crippen MR) is 88.3 cm³/mol. The van der Waals surface area contributed by atoms with E-state index in [1.165, 1.54) is 15.9 Å². The Labute approximate surface area is 136 Å². The summed E-state index contributed by atoms with van der Waals surface area (Å²) in [7, 11) is -3.55. The summed E-state index contributed by atoms with van der Waals surface area (Å²) in [6.07, 6.45) is 1.08. The van der Waals surface area contributed by atoms with Gasteiger partial charge in [0, 0.05) is 11.6 Å². The van der Waals surface area contributed by atoms with E-state index in [1.807, 2.05) is 12.3 Å². The molecule has 2 heterocycles. The van der Waals surface area contributed by atoms with Crippen molar-refractivity contribution in [1.29, 1.82) is 0 Å². The average Bonchev–Trinajstić information content (AvgIpc) is 3.03. The van der Waals surface area contributed by atoms with Crippen molar-refractivity contribution >= 4 is 43.2 Å². The van der Waals surface area contributed by atoms with Crippen LogP contribution >= 0.6 is 11.3 Å². The number of hydrogen-bond acceptors (Lipinski definition) is 6. The molecule has 1 N–H and O–H groups in total. The average molecular weight is 350 g/mol. The van der Waals surface area contributed by atoms with E-state index in [9.17, 15) is 13.2 Å². The number of carbonyl (C=O) groups excluding carboxylic acids is 1. The van der Waals surface area contributed by atoms with Crippen LogP contribution in [0.1, 0.15) is 5.69 Å². The highest BCUT2D eigenvalue weighted by Crippen LogP contribution is 2.20. The molecule has 3 aromatic rings. The first kappa shape index (κ1) is 15.6. The minimum absolute atomic E-state index is 0.121. The maximum absolute atomic E-state index is 12.2. The molecule has 0 radical (unpaired) electrons. The van der Waals surface area contributed by atoms with Crippen LogP contribution in [0.4, 0.5) is 5.13 Å². The second kappa shape index (κ2) is 5.74. The third kappa shape index (κ3) is 3.25. The number of fused-ring (bicyclic) bond motifs is 1. The molecule has 0 aliphatic heterocycles. The van der Waals surface area contributed by atoms with Crippen molar-refractivity contribution in [2.75, 3.05) is 11.6 Å². The van der Waals surface area contributed by atoms with E-state index >= 15 is 0 Å². The molecule has 0 aliphatic carbocycles. The number of amides is 1. The fourth-order valence-corrected chi connectivity index (χ4v) is 3.73. The molecule has 120 valence electrons. The van der Waals surface area contributed by atoms with Crippen LogP contribution in [-0.2, 0) is 21.2 Å². The highest BCUT2D eigenvalue weighted by molar-refractivity contribution is 7.90. The number of imidazole rings is 1. The van der Waals surface area contributed by atoms with Gasteiger partial charge in [0.1, 0.15) is 6.54 Å². The van der Waals surface area contributed by atoms with Gasteiger partial charge in [0.25, 0.3) is 0 Å². The largest absolute Gasteiger partial charge is 0.305 e. The molecule has 0 atom stereocenters. The van der Waals surface area contributed by atoms with Crippen molar-refractivity contribution in [2.24, 2.45) is 0 Å². The van der Waals surface area contributed by atoms with Gasteiger partial charge in [-0.3, -0.25) is 4.79 Å². The molecule has 0 fully saturated rings. The Balaban J connectivity index is 1.96. The smallest absolute Gasteiger partial charge is 0.246 e. The quantitative estimate of drug-likeness (QED) is 0.775. The lowest BCUT2D eigenvalue weighted by molar-refractivity contribution is -0.116. The van der Waals surface area contributed by atoms with Crippen LogP contribution in [0.25, 0.3) is 11.0 Å². The topological polar surface area (TPSA) is 94.0 Å². The number of anilines is 1. The first-order valence-corrected chi connectivity index (χ1v) is 9.49. The standard InChI is InChI=1S/C14H14N4O3S2/c1-9-8-22-13(15-9)17-12(19)7-18-11-6-4-3-5-10(11)16-14(18)23(2,20)21/h3-6,8H,7H2,1-2H3,(H,15,17,19). The van der Waals surface area contributed by atoms with E-state index < -0.39 is 9.84 Å². The lowest BCUT2D eigenvalue weighted by atomic mass is 10.3. The number of para-hydroxylation sites is 2. The Bertz CT molecular complexity index is 989. The highest BCUT2D eigenvalue weighted by atomic mass is 32.2. The highest BCUT2D eigenvalue weighted by Gasteiger charge is 2.21. The van der Waals surface area contributed by atoms with Crippen molar-refractivity contribution in [1.82, 2.24) is 14.5 Å². The first-order valence-electron chi connectivity index (χ1n) is 6.72. The van der Waals surface area contributed by atoms with E-state index in [0.29, 0.717) is 16.2 Å². The summed E-state index contributed by atoms with van der Waals surface area (Å²) >= 11 is 1.32. The molecule has 7 nitrogen and oxygen atoms in total. The Kier molecular flexibility index (Phi) is 3.90. The van der Waals surface area contributed by atoms with Gasteiger partial charge in [-0.15, -0.1) is 11.3 Å². The van der Waals surface area contributed by atoms with Crippen LogP contribution < -0.4 is 5.32 Å². The zero-order chi connectivity index (χ0) is 16.6. The third-order valence-electron chi connectivity index (χ3n) is 3.12. The lowest BCUT2D eigenvalue weighted by Crippen LogP contribution is -2.21. The number of thiazole rings is 1. The summed E-state index contributed by atoms with van der Waals surface area (Å²) in [5.74, 6) is -0.354. The van der Waals surface area contributed by atoms with Gasteiger partial charge in [0.05, 0.1) is 16.7 Å². The number of nitrogens with zero attached hydrogens (tertiary/aromatic N) is 3. The molecule has 23 heavy (non-hydrogen) atoms. The summed E-state index contributed by atoms with van der Waals surface area (Å²) in [4.78, 5) is 20.5. The molecule has 0 bridgehead atoms. The number of aromatic nitrogens is 3. The van der Waals surface area contributed by atoms with Crippen LogP contribution in [0.15, 0.2) is 34.8 Å². The second-order valence-electron chi connectivity index (χ2n) is 5.08. The van der Waals surface area contributed by atoms with Gasteiger partial charge < -0.3 is 9.88 Å². The van der Waals surface area contributed by atoms with Gasteiger partial charge in [0.15, 0.2) is 5.13 Å². The molecule has 0 saturated carbocycles. The Morgan fingerprint density at radius 2 is 2.04 bits per heavy atom. The minimum atomic E-state index is -3.55. The fourth-order valence-electron chi connectivity index (χ4n) is 2.20. The van der Waals surface area contributed by atoms with Crippen LogP contribution in [0, 0.1) is 6.92 Å². The number of aryl methyl sites for hydroxylation is 1. The number of rotatable bonds is 4. The van der Waals surface area contributed by atoms with Crippen LogP contribution in [0.3, 0.4) is 0 Å². The Morgan fingerprint density at radius 3 is 2.70 bits per heavy atom. The molecule has 2 aromatic heterocycles. The maximum Gasteiger partial charge on any atom is 0.246 e. The molecular weight excluding hydrogens is 336 g/mol. The molecule has 0 aliphatic rings. The van der Waals surface area contributed by atoms with Gasteiger partial charge in [-0.25, -0.2) is 18.4 Å². The van der Waals surface area contributed by atoms with Crippen LogP contribution in [0.2, 0.25) is 0 Å². The van der Waals surface area contributed by atoms with E-state index in [2.05, 4.69) is 15.3 Å². The van der Waals surface area contributed by atoms with E-state index in [0.717, 1.165) is 11.9 Å². The number of sulfone groups is 1. The Hall–Kier alpha value is -2.26. The van der Waals surface area contributed by atoms with Gasteiger partial charge in [-0.1, -0.05) is 12.1 Å². The molecule has 0 unspecified atom stereocenters. The van der Waals surface area contributed by atoms with Crippen molar-refractivity contribution in [3.63, 3.8) is 0 Å². The van der Waals surface area contributed by atoms with Gasteiger partial charge >= 0.3 is 0 Å². The van der Waals surface area contributed by atoms with Gasteiger partial charge in [-0.05, 0) is 19.1 Å². The number of carbonyl (C=O) groups is 1. The SMILES string of the molecule is Cc1csc(NC(=O)Cn2c(S(C)(=O)=O)nc3ccccc32)n1. The maximum atomic E-state index is 12.2. The van der Waals surface area contributed by atoms with E-state index in [4.69, 9.17) is 0 Å². The summed E-state index contributed by atoms with van der Waals surface area (Å²) in [6.45, 7) is 1.68. The second-order valence-corrected chi connectivity index (χ2v) is 7.85. The first-order chi connectivity index (χ1) is 10.8. The van der Waals surface area contributed by atoms with E-state index in [1.54, 1.807) is 24.3 Å². The van der Waals surface area contributed by atoms with Crippen molar-refractivity contribution in [2.45, 2.75) is 18.6 Å². The minimum Gasteiger partial charge on any atom is -0.305 e. The third-order valence-corrected chi connectivity index (χ3v) is 4.97. The van der Waals surface area contributed by atoms with E-state index in [-0.39, 0.29) is 17.6 Å². The summed E-state index contributed by atoms with van der Waals surface area (Å²) in [5, 5.41) is 4.86. The fraction of sp³-hybridized carbons (Fsp3) is 0.214. The molecule has 9 heteroatoms. The predicted octanol–water partition coefficient (Wildman–Crippen LogP) is 1.84.